The minimum atomic E-state index is 0.145. The van der Waals surface area contributed by atoms with Crippen LogP contribution in [0.25, 0.3) is 0 Å². The van der Waals surface area contributed by atoms with E-state index >= 15 is 0 Å². The number of ether oxygens (including phenoxy) is 1. The predicted molar refractivity (Wildman–Crippen MR) is 84.4 cm³/mol. The summed E-state index contributed by atoms with van der Waals surface area (Å²) in [4.78, 5) is 2.73. The van der Waals surface area contributed by atoms with Crippen molar-refractivity contribution in [1.29, 1.82) is 0 Å². The summed E-state index contributed by atoms with van der Waals surface area (Å²) >= 11 is 8.41. The molecular weight excluding hydrogens is 276 g/mol. The number of hydrogen-bond donors (Lipinski definition) is 0. The van der Waals surface area contributed by atoms with Gasteiger partial charge in [-0.15, -0.1) is 22.9 Å². The smallest absolute Gasteiger partial charge is 0.0679 e. The maximum atomic E-state index is 6.54. The average Bonchev–Trinajstić information content (AvgIpc) is 2.87. The zero-order valence-electron chi connectivity index (χ0n) is 12.2. The Balaban J connectivity index is 1.85. The van der Waals surface area contributed by atoms with E-state index in [9.17, 15) is 0 Å². The van der Waals surface area contributed by atoms with Gasteiger partial charge >= 0.3 is 0 Å². The highest BCUT2D eigenvalue weighted by atomic mass is 35.5. The van der Waals surface area contributed by atoms with Crippen molar-refractivity contribution in [3.63, 3.8) is 0 Å². The number of hydrogen-bond acceptors (Lipinski definition) is 2. The van der Waals surface area contributed by atoms with Crippen molar-refractivity contribution in [2.75, 3.05) is 6.61 Å². The van der Waals surface area contributed by atoms with Crippen LogP contribution in [0, 0.1) is 0 Å². The zero-order valence-corrected chi connectivity index (χ0v) is 13.8. The lowest BCUT2D eigenvalue weighted by molar-refractivity contribution is 0.0100. The second kappa shape index (κ2) is 6.60. The molecule has 1 aliphatic rings. The van der Waals surface area contributed by atoms with Crippen LogP contribution >= 0.6 is 22.9 Å². The average molecular weight is 301 g/mol. The highest BCUT2D eigenvalue weighted by molar-refractivity contribution is 7.12. The van der Waals surface area contributed by atoms with Crippen molar-refractivity contribution in [2.24, 2.45) is 0 Å². The van der Waals surface area contributed by atoms with E-state index in [0.29, 0.717) is 6.10 Å². The van der Waals surface area contributed by atoms with Crippen LogP contribution in [0.4, 0.5) is 0 Å². The molecule has 108 valence electrons. The molecule has 2 heterocycles. The van der Waals surface area contributed by atoms with Gasteiger partial charge in [0.05, 0.1) is 11.5 Å². The molecule has 19 heavy (non-hydrogen) atoms. The quantitative estimate of drug-likeness (QED) is 0.650. The Bertz CT molecular complexity index is 388. The SMILES string of the molecule is CC(C)(C)c1ccc(C(Cl)CCC2CCCCO2)s1. The van der Waals surface area contributed by atoms with Crippen molar-refractivity contribution >= 4 is 22.9 Å². The second-order valence-corrected chi connectivity index (χ2v) is 8.13. The molecule has 1 nitrogen and oxygen atoms in total. The number of rotatable bonds is 4. The minimum Gasteiger partial charge on any atom is -0.378 e. The summed E-state index contributed by atoms with van der Waals surface area (Å²) in [6, 6.07) is 4.43. The first-order chi connectivity index (χ1) is 8.97. The van der Waals surface area contributed by atoms with Gasteiger partial charge in [0.25, 0.3) is 0 Å². The molecule has 3 heteroatoms. The van der Waals surface area contributed by atoms with Gasteiger partial charge in [0.2, 0.25) is 0 Å². The third-order valence-corrected chi connectivity index (χ3v) is 5.90. The van der Waals surface area contributed by atoms with Crippen LogP contribution < -0.4 is 0 Å². The standard InChI is InChI=1S/C16H25ClOS/c1-16(2,3)15-10-9-14(19-15)13(17)8-7-12-6-4-5-11-18-12/h9-10,12-13H,4-8,11H2,1-3H3. The fraction of sp³-hybridized carbons (Fsp3) is 0.750. The van der Waals surface area contributed by atoms with Gasteiger partial charge in [0, 0.05) is 16.4 Å². The number of alkyl halides is 1. The summed E-state index contributed by atoms with van der Waals surface area (Å²) in [5.41, 5.74) is 0.228. The van der Waals surface area contributed by atoms with E-state index in [1.807, 2.05) is 11.3 Å². The summed E-state index contributed by atoms with van der Waals surface area (Å²) in [7, 11) is 0. The number of halogens is 1. The third kappa shape index (κ3) is 4.47. The van der Waals surface area contributed by atoms with Crippen LogP contribution in [-0.4, -0.2) is 12.7 Å². The Kier molecular flexibility index (Phi) is 5.33. The van der Waals surface area contributed by atoms with E-state index in [-0.39, 0.29) is 10.8 Å². The Labute approximate surface area is 126 Å². The molecule has 0 aliphatic carbocycles. The summed E-state index contributed by atoms with van der Waals surface area (Å²) in [5, 5.41) is 0.145. The van der Waals surface area contributed by atoms with Crippen LogP contribution in [0.1, 0.15) is 68.0 Å². The maximum absolute atomic E-state index is 6.54. The first-order valence-corrected chi connectivity index (χ1v) is 8.58. The Morgan fingerprint density at radius 3 is 2.74 bits per heavy atom. The van der Waals surface area contributed by atoms with E-state index in [1.54, 1.807) is 0 Å². The van der Waals surface area contributed by atoms with Gasteiger partial charge in [-0.05, 0) is 49.7 Å². The van der Waals surface area contributed by atoms with Crippen LogP contribution in [-0.2, 0) is 10.2 Å². The summed E-state index contributed by atoms with van der Waals surface area (Å²) in [5.74, 6) is 0. The van der Waals surface area contributed by atoms with E-state index in [2.05, 4.69) is 32.9 Å². The van der Waals surface area contributed by atoms with Gasteiger partial charge < -0.3 is 4.74 Å². The molecule has 1 aromatic heterocycles. The topological polar surface area (TPSA) is 9.23 Å². The highest BCUT2D eigenvalue weighted by Gasteiger charge is 2.20. The molecule has 0 aromatic carbocycles. The molecule has 1 fully saturated rings. The molecule has 0 radical (unpaired) electrons. The van der Waals surface area contributed by atoms with Gasteiger partial charge in [-0.2, -0.15) is 0 Å². The minimum absolute atomic E-state index is 0.145. The monoisotopic (exact) mass is 300 g/mol. The molecule has 0 amide bonds. The zero-order chi connectivity index (χ0) is 13.9. The molecule has 1 saturated heterocycles. The van der Waals surface area contributed by atoms with E-state index in [0.717, 1.165) is 19.4 Å². The molecule has 0 spiro atoms. The van der Waals surface area contributed by atoms with Gasteiger partial charge in [-0.25, -0.2) is 0 Å². The van der Waals surface area contributed by atoms with E-state index in [4.69, 9.17) is 16.3 Å². The van der Waals surface area contributed by atoms with E-state index in [1.165, 1.54) is 29.0 Å². The molecule has 2 unspecified atom stereocenters. The lowest BCUT2D eigenvalue weighted by atomic mass is 9.95. The molecule has 0 bridgehead atoms. The van der Waals surface area contributed by atoms with Gasteiger partial charge in [-0.1, -0.05) is 20.8 Å². The molecule has 1 aliphatic heterocycles. The maximum Gasteiger partial charge on any atom is 0.0679 e. The van der Waals surface area contributed by atoms with E-state index < -0.39 is 0 Å². The normalized spacial score (nSPS) is 22.4. The van der Waals surface area contributed by atoms with Crippen molar-refractivity contribution < 1.29 is 4.74 Å². The Morgan fingerprint density at radius 1 is 1.37 bits per heavy atom. The highest BCUT2D eigenvalue weighted by Crippen LogP contribution is 2.37. The van der Waals surface area contributed by atoms with Crippen molar-refractivity contribution in [1.82, 2.24) is 0 Å². The molecular formula is C16H25ClOS. The van der Waals surface area contributed by atoms with Crippen LogP contribution in [0.5, 0.6) is 0 Å². The largest absolute Gasteiger partial charge is 0.378 e. The first-order valence-electron chi connectivity index (χ1n) is 7.32. The van der Waals surface area contributed by atoms with Gasteiger partial charge in [0.15, 0.2) is 0 Å². The third-order valence-electron chi connectivity index (χ3n) is 3.69. The summed E-state index contributed by atoms with van der Waals surface area (Å²) < 4.78 is 5.77. The Morgan fingerprint density at radius 2 is 2.16 bits per heavy atom. The fourth-order valence-electron chi connectivity index (χ4n) is 2.43. The first kappa shape index (κ1) is 15.3. The van der Waals surface area contributed by atoms with Crippen molar-refractivity contribution in [3.05, 3.63) is 21.9 Å². The van der Waals surface area contributed by atoms with Crippen LogP contribution in [0.2, 0.25) is 0 Å². The molecule has 2 rings (SSSR count). The summed E-state index contributed by atoms with van der Waals surface area (Å²) in [6.45, 7) is 7.69. The Hall–Kier alpha value is -0.0500. The molecule has 2 atom stereocenters. The van der Waals surface area contributed by atoms with Gasteiger partial charge in [0.1, 0.15) is 0 Å². The molecule has 0 saturated carbocycles. The fourth-order valence-corrected chi connectivity index (χ4v) is 3.84. The van der Waals surface area contributed by atoms with Crippen molar-refractivity contribution in [3.8, 4) is 0 Å². The van der Waals surface area contributed by atoms with Crippen molar-refractivity contribution in [2.45, 2.75) is 69.8 Å². The lowest BCUT2D eigenvalue weighted by Gasteiger charge is -2.23. The molecule has 1 aromatic rings. The lowest BCUT2D eigenvalue weighted by Crippen LogP contribution is -2.19. The van der Waals surface area contributed by atoms with Crippen LogP contribution in [0.15, 0.2) is 12.1 Å². The van der Waals surface area contributed by atoms with Gasteiger partial charge in [-0.3, -0.25) is 0 Å². The molecule has 0 N–H and O–H groups in total. The summed E-state index contributed by atoms with van der Waals surface area (Å²) in [6.07, 6.45) is 6.30. The second-order valence-electron chi connectivity index (χ2n) is 6.49. The van der Waals surface area contributed by atoms with Crippen LogP contribution in [0.3, 0.4) is 0 Å². The number of thiophene rings is 1. The predicted octanol–water partition coefficient (Wildman–Crippen LogP) is 5.67.